The summed E-state index contributed by atoms with van der Waals surface area (Å²) < 4.78 is 0. The molecule has 0 radical (unpaired) electrons. The van der Waals surface area contributed by atoms with E-state index in [0.29, 0.717) is 12.1 Å². The number of nitrogens with zero attached hydrogens (tertiary/aromatic N) is 2. The Kier molecular flexibility index (Phi) is 4.65. The summed E-state index contributed by atoms with van der Waals surface area (Å²) in [6.07, 6.45) is 3.27. The van der Waals surface area contributed by atoms with Crippen LogP contribution in [-0.2, 0) is 0 Å². The van der Waals surface area contributed by atoms with Crippen LogP contribution in [0.2, 0.25) is 0 Å². The molecule has 5 heteroatoms. The Morgan fingerprint density at radius 3 is 2.59 bits per heavy atom. The summed E-state index contributed by atoms with van der Waals surface area (Å²) in [5, 5.41) is 2.93. The molecule has 0 aliphatic rings. The van der Waals surface area contributed by atoms with Gasteiger partial charge in [0, 0.05) is 35.2 Å². The summed E-state index contributed by atoms with van der Waals surface area (Å²) in [7, 11) is 0. The van der Waals surface area contributed by atoms with Crippen molar-refractivity contribution in [1.82, 2.24) is 15.3 Å². The maximum Gasteiger partial charge on any atom is 0.251 e. The minimum atomic E-state index is -0.0822. The molecule has 2 aromatic carbocycles. The average Bonchev–Trinajstić information content (AvgIpc) is 2.59. The zero-order valence-electron chi connectivity index (χ0n) is 11.9. The van der Waals surface area contributed by atoms with Gasteiger partial charge in [0.1, 0.15) is 0 Å². The van der Waals surface area contributed by atoms with Gasteiger partial charge in [-0.15, -0.1) is 11.8 Å². The molecule has 0 aliphatic carbocycles. The van der Waals surface area contributed by atoms with Crippen molar-refractivity contribution >= 4 is 28.7 Å². The Morgan fingerprint density at radius 2 is 1.77 bits per heavy atom. The molecule has 0 unspecified atom stereocenters. The summed E-state index contributed by atoms with van der Waals surface area (Å²) in [5.74, 6) is 0.754. The second-order valence-corrected chi connectivity index (χ2v) is 5.85. The van der Waals surface area contributed by atoms with Crippen LogP contribution in [-0.4, -0.2) is 28.2 Å². The van der Waals surface area contributed by atoms with Crippen molar-refractivity contribution < 1.29 is 4.79 Å². The monoisotopic (exact) mass is 309 g/mol. The molecule has 22 heavy (non-hydrogen) atoms. The van der Waals surface area contributed by atoms with Crippen molar-refractivity contribution in [3.63, 3.8) is 0 Å². The predicted molar refractivity (Wildman–Crippen MR) is 89.0 cm³/mol. The lowest BCUT2D eigenvalue weighted by molar-refractivity contribution is 0.0956. The van der Waals surface area contributed by atoms with Gasteiger partial charge >= 0.3 is 0 Å². The van der Waals surface area contributed by atoms with Crippen LogP contribution in [0.5, 0.6) is 0 Å². The highest BCUT2D eigenvalue weighted by Gasteiger charge is 2.06. The molecule has 0 bridgehead atoms. The minimum Gasteiger partial charge on any atom is -0.351 e. The van der Waals surface area contributed by atoms with Crippen LogP contribution in [0.3, 0.4) is 0 Å². The molecular weight excluding hydrogens is 294 g/mol. The number of hydrogen-bond donors (Lipinski definition) is 1. The van der Waals surface area contributed by atoms with Gasteiger partial charge in [-0.25, -0.2) is 0 Å². The molecule has 110 valence electrons. The smallest absolute Gasteiger partial charge is 0.251 e. The molecule has 0 atom stereocenters. The number of thioether (sulfide) groups is 1. The number of fused-ring (bicyclic) bond motifs is 1. The third kappa shape index (κ3) is 3.62. The number of benzene rings is 2. The average molecular weight is 309 g/mol. The first-order chi connectivity index (χ1) is 10.8. The molecule has 3 aromatic rings. The summed E-state index contributed by atoms with van der Waals surface area (Å²) >= 11 is 1.72. The van der Waals surface area contributed by atoms with Gasteiger partial charge in [0.05, 0.1) is 11.0 Å². The highest BCUT2D eigenvalue weighted by molar-refractivity contribution is 7.99. The lowest BCUT2D eigenvalue weighted by Gasteiger charge is -2.06. The van der Waals surface area contributed by atoms with Crippen molar-refractivity contribution in [2.75, 3.05) is 12.3 Å². The molecule has 4 nitrogen and oxygen atoms in total. The standard InChI is InChI=1S/C17H15N3OS/c21-17(20-10-11-22-14-4-2-1-3-5-14)13-6-7-15-16(12-13)19-9-8-18-15/h1-9,12H,10-11H2,(H,20,21). The molecule has 1 amide bonds. The highest BCUT2D eigenvalue weighted by Crippen LogP contribution is 2.16. The van der Waals surface area contributed by atoms with Gasteiger partial charge in [0.15, 0.2) is 0 Å². The molecule has 1 aromatic heterocycles. The Morgan fingerprint density at radius 1 is 1.00 bits per heavy atom. The normalized spacial score (nSPS) is 10.5. The molecule has 3 rings (SSSR count). The molecule has 0 aliphatic heterocycles. The van der Waals surface area contributed by atoms with Crippen molar-refractivity contribution in [3.05, 3.63) is 66.5 Å². The highest BCUT2D eigenvalue weighted by atomic mass is 32.2. The summed E-state index contributed by atoms with van der Waals surface area (Å²) in [4.78, 5) is 21.7. The molecule has 0 spiro atoms. The Labute approximate surface area is 133 Å². The Hall–Kier alpha value is -2.40. The van der Waals surface area contributed by atoms with Crippen molar-refractivity contribution in [2.45, 2.75) is 4.90 Å². The van der Waals surface area contributed by atoms with Gasteiger partial charge in [-0.05, 0) is 30.3 Å². The van der Waals surface area contributed by atoms with E-state index in [2.05, 4.69) is 27.4 Å². The van der Waals surface area contributed by atoms with E-state index in [1.54, 1.807) is 36.3 Å². The number of amides is 1. The van der Waals surface area contributed by atoms with Gasteiger partial charge in [-0.3, -0.25) is 14.8 Å². The van der Waals surface area contributed by atoms with Crippen molar-refractivity contribution in [3.8, 4) is 0 Å². The van der Waals surface area contributed by atoms with Gasteiger partial charge < -0.3 is 5.32 Å². The van der Waals surface area contributed by atoms with E-state index >= 15 is 0 Å². The van der Waals surface area contributed by atoms with Crippen LogP contribution >= 0.6 is 11.8 Å². The third-order valence-electron chi connectivity index (χ3n) is 3.13. The summed E-state index contributed by atoms with van der Waals surface area (Å²) in [6.45, 7) is 0.622. The second-order valence-electron chi connectivity index (χ2n) is 4.68. The number of aromatic nitrogens is 2. The second kappa shape index (κ2) is 7.04. The van der Waals surface area contributed by atoms with Crippen LogP contribution in [0.1, 0.15) is 10.4 Å². The van der Waals surface area contributed by atoms with Crippen LogP contribution in [0.15, 0.2) is 65.8 Å². The summed E-state index contributed by atoms with van der Waals surface area (Å²) in [6, 6.07) is 15.5. The van der Waals surface area contributed by atoms with E-state index < -0.39 is 0 Å². The first kappa shape index (κ1) is 14.5. The number of rotatable bonds is 5. The number of carbonyl (C=O) groups is 1. The maximum absolute atomic E-state index is 12.1. The van der Waals surface area contributed by atoms with Crippen molar-refractivity contribution in [1.29, 1.82) is 0 Å². The lowest BCUT2D eigenvalue weighted by Crippen LogP contribution is -2.25. The van der Waals surface area contributed by atoms with Gasteiger partial charge in [0.25, 0.3) is 5.91 Å². The predicted octanol–water partition coefficient (Wildman–Crippen LogP) is 3.15. The zero-order chi connectivity index (χ0) is 15.2. The quantitative estimate of drug-likeness (QED) is 0.581. The van der Waals surface area contributed by atoms with Gasteiger partial charge in [-0.2, -0.15) is 0 Å². The van der Waals surface area contributed by atoms with E-state index in [9.17, 15) is 4.79 Å². The largest absolute Gasteiger partial charge is 0.351 e. The molecule has 1 N–H and O–H groups in total. The summed E-state index contributed by atoms with van der Waals surface area (Å²) in [5.41, 5.74) is 2.13. The number of hydrogen-bond acceptors (Lipinski definition) is 4. The lowest BCUT2D eigenvalue weighted by atomic mass is 10.2. The topological polar surface area (TPSA) is 54.9 Å². The number of nitrogens with one attached hydrogen (secondary N) is 1. The van der Waals surface area contributed by atoms with Crippen molar-refractivity contribution in [2.24, 2.45) is 0 Å². The van der Waals surface area contributed by atoms with E-state index in [1.807, 2.05) is 24.3 Å². The maximum atomic E-state index is 12.1. The molecule has 1 heterocycles. The molecular formula is C17H15N3OS. The van der Waals surface area contributed by atoms with Gasteiger partial charge in [0.2, 0.25) is 0 Å². The van der Waals surface area contributed by atoms with E-state index in [4.69, 9.17) is 0 Å². The first-order valence-corrected chi connectivity index (χ1v) is 7.98. The number of carbonyl (C=O) groups excluding carboxylic acids is 1. The van der Waals surface area contributed by atoms with Gasteiger partial charge in [-0.1, -0.05) is 18.2 Å². The Bertz CT molecular complexity index is 777. The van der Waals surface area contributed by atoms with E-state index in [0.717, 1.165) is 16.8 Å². The fourth-order valence-corrected chi connectivity index (χ4v) is 2.85. The molecule has 0 saturated carbocycles. The Balaban J connectivity index is 1.54. The van der Waals surface area contributed by atoms with Crippen LogP contribution < -0.4 is 5.32 Å². The zero-order valence-corrected chi connectivity index (χ0v) is 12.7. The molecule has 0 fully saturated rings. The van der Waals surface area contributed by atoms with Crippen LogP contribution in [0.4, 0.5) is 0 Å². The SMILES string of the molecule is O=C(NCCSc1ccccc1)c1ccc2nccnc2c1. The van der Waals surface area contributed by atoms with Crippen LogP contribution in [0.25, 0.3) is 11.0 Å². The van der Waals surface area contributed by atoms with E-state index in [-0.39, 0.29) is 5.91 Å². The first-order valence-electron chi connectivity index (χ1n) is 7.00. The third-order valence-corrected chi connectivity index (χ3v) is 4.14. The fraction of sp³-hybridized carbons (Fsp3) is 0.118. The van der Waals surface area contributed by atoms with E-state index in [1.165, 1.54) is 4.90 Å². The molecule has 0 saturated heterocycles. The minimum absolute atomic E-state index is 0.0822. The fourth-order valence-electron chi connectivity index (χ4n) is 2.06. The van der Waals surface area contributed by atoms with Crippen LogP contribution in [0, 0.1) is 0 Å².